The minimum atomic E-state index is 0.399. The topological polar surface area (TPSA) is 29.9 Å². The summed E-state index contributed by atoms with van der Waals surface area (Å²) in [6.07, 6.45) is 5.16. The average Bonchev–Trinajstić information content (AvgIpc) is 2.82. The first kappa shape index (κ1) is 13.5. The van der Waals surface area contributed by atoms with Gasteiger partial charge in [-0.25, -0.2) is 0 Å². The second kappa shape index (κ2) is 6.33. The van der Waals surface area contributed by atoms with Gasteiger partial charge in [0.25, 0.3) is 0 Å². The van der Waals surface area contributed by atoms with Crippen molar-refractivity contribution in [1.82, 2.24) is 15.1 Å². The first-order valence-corrected chi connectivity index (χ1v) is 7.25. The van der Waals surface area contributed by atoms with Crippen LogP contribution in [0.25, 0.3) is 0 Å². The number of hydrogen-bond donors (Lipinski definition) is 1. The van der Waals surface area contributed by atoms with E-state index in [-0.39, 0.29) is 0 Å². The van der Waals surface area contributed by atoms with Crippen LogP contribution in [-0.2, 0) is 6.54 Å². The second-order valence-corrected chi connectivity index (χ2v) is 5.59. The highest BCUT2D eigenvalue weighted by Crippen LogP contribution is 2.15. The van der Waals surface area contributed by atoms with Gasteiger partial charge in [-0.1, -0.05) is 19.1 Å². The van der Waals surface area contributed by atoms with Gasteiger partial charge in [-0.15, -0.1) is 0 Å². The van der Waals surface area contributed by atoms with Crippen LogP contribution in [0.15, 0.2) is 36.7 Å². The summed E-state index contributed by atoms with van der Waals surface area (Å²) in [4.78, 5) is 0. The van der Waals surface area contributed by atoms with Crippen molar-refractivity contribution in [3.8, 4) is 0 Å². The Morgan fingerprint density at radius 1 is 1.33 bits per heavy atom. The van der Waals surface area contributed by atoms with Crippen LogP contribution in [-0.4, -0.2) is 16.8 Å². The summed E-state index contributed by atoms with van der Waals surface area (Å²) in [6, 6.07) is 8.96. The molecule has 1 aromatic heterocycles. The molecule has 18 heavy (non-hydrogen) atoms. The van der Waals surface area contributed by atoms with Crippen molar-refractivity contribution < 1.29 is 0 Å². The molecule has 1 N–H and O–H groups in total. The summed E-state index contributed by atoms with van der Waals surface area (Å²) in [6.45, 7) is 3.01. The van der Waals surface area contributed by atoms with Crippen LogP contribution in [0.2, 0.25) is 0 Å². The highest BCUT2D eigenvalue weighted by atomic mass is 127. The molecule has 1 aromatic carbocycles. The van der Waals surface area contributed by atoms with Gasteiger partial charge in [-0.05, 0) is 53.8 Å². The monoisotopic (exact) mass is 355 g/mol. The van der Waals surface area contributed by atoms with E-state index in [1.165, 1.54) is 14.7 Å². The van der Waals surface area contributed by atoms with Gasteiger partial charge < -0.3 is 5.32 Å². The molecule has 0 radical (unpaired) electrons. The van der Waals surface area contributed by atoms with E-state index < -0.39 is 0 Å². The fraction of sp³-hybridized carbons (Fsp3) is 0.357. The van der Waals surface area contributed by atoms with Crippen molar-refractivity contribution in [1.29, 1.82) is 0 Å². The number of rotatable bonds is 5. The molecule has 0 saturated heterocycles. The number of halogens is 1. The summed E-state index contributed by atoms with van der Waals surface area (Å²) in [5.41, 5.74) is 2.54. The number of hydrogen-bond acceptors (Lipinski definition) is 2. The van der Waals surface area contributed by atoms with Gasteiger partial charge in [0.15, 0.2) is 0 Å². The van der Waals surface area contributed by atoms with E-state index >= 15 is 0 Å². The molecule has 96 valence electrons. The normalized spacial score (nSPS) is 12.6. The van der Waals surface area contributed by atoms with E-state index in [1.807, 2.05) is 17.9 Å². The van der Waals surface area contributed by atoms with Crippen LogP contribution in [0.5, 0.6) is 0 Å². The summed E-state index contributed by atoms with van der Waals surface area (Å²) in [5, 5.41) is 7.72. The van der Waals surface area contributed by atoms with Crippen LogP contribution in [0.3, 0.4) is 0 Å². The van der Waals surface area contributed by atoms with Crippen LogP contribution in [0.1, 0.15) is 30.5 Å². The largest absolute Gasteiger partial charge is 0.313 e. The summed E-state index contributed by atoms with van der Waals surface area (Å²) in [5.74, 6) is 0. The van der Waals surface area contributed by atoms with Crippen molar-refractivity contribution in [2.24, 2.45) is 0 Å². The van der Waals surface area contributed by atoms with Gasteiger partial charge in [-0.2, -0.15) is 5.10 Å². The average molecular weight is 355 g/mol. The number of aromatic nitrogens is 2. The quantitative estimate of drug-likeness (QED) is 0.835. The zero-order valence-corrected chi connectivity index (χ0v) is 12.9. The standard InChI is InChI=1S/C14H18IN3/c1-3-14(16-2)12-8-17-18(10-12)9-11-4-6-13(15)7-5-11/h4-8,10,14,16H,3,9H2,1-2H3. The Balaban J connectivity index is 2.08. The maximum Gasteiger partial charge on any atom is 0.0659 e. The molecule has 0 aliphatic heterocycles. The first-order chi connectivity index (χ1) is 8.72. The van der Waals surface area contributed by atoms with Crippen LogP contribution < -0.4 is 5.32 Å². The van der Waals surface area contributed by atoms with E-state index in [4.69, 9.17) is 0 Å². The fourth-order valence-corrected chi connectivity index (χ4v) is 2.39. The molecule has 0 aliphatic rings. The number of nitrogens with one attached hydrogen (secondary N) is 1. The molecular weight excluding hydrogens is 337 g/mol. The molecule has 1 heterocycles. The third-order valence-electron chi connectivity index (χ3n) is 3.07. The first-order valence-electron chi connectivity index (χ1n) is 6.17. The Labute approximate surface area is 122 Å². The van der Waals surface area contributed by atoms with Gasteiger partial charge in [-0.3, -0.25) is 4.68 Å². The van der Waals surface area contributed by atoms with Crippen molar-refractivity contribution in [3.05, 3.63) is 51.4 Å². The third kappa shape index (κ3) is 3.32. The number of benzene rings is 1. The molecule has 3 nitrogen and oxygen atoms in total. The second-order valence-electron chi connectivity index (χ2n) is 4.35. The van der Waals surface area contributed by atoms with Gasteiger partial charge in [0, 0.05) is 21.4 Å². The van der Waals surface area contributed by atoms with Gasteiger partial charge in [0.2, 0.25) is 0 Å². The molecule has 0 aliphatic carbocycles. The number of nitrogens with zero attached hydrogens (tertiary/aromatic N) is 2. The molecule has 2 aromatic rings. The van der Waals surface area contributed by atoms with Crippen LogP contribution >= 0.6 is 22.6 Å². The maximum absolute atomic E-state index is 4.43. The molecule has 0 spiro atoms. The predicted octanol–water partition coefficient (Wildman–Crippen LogP) is 3.21. The lowest BCUT2D eigenvalue weighted by Crippen LogP contribution is -2.14. The summed E-state index contributed by atoms with van der Waals surface area (Å²) < 4.78 is 3.26. The highest BCUT2D eigenvalue weighted by Gasteiger charge is 2.08. The minimum absolute atomic E-state index is 0.399. The van der Waals surface area contributed by atoms with Crippen LogP contribution in [0, 0.1) is 3.57 Å². The fourth-order valence-electron chi connectivity index (χ4n) is 2.03. The van der Waals surface area contributed by atoms with E-state index in [0.717, 1.165) is 13.0 Å². The molecule has 0 fully saturated rings. The molecular formula is C14H18IN3. The molecule has 1 atom stereocenters. The molecule has 1 unspecified atom stereocenters. The van der Waals surface area contributed by atoms with Crippen LogP contribution in [0.4, 0.5) is 0 Å². The Morgan fingerprint density at radius 2 is 2.06 bits per heavy atom. The van der Waals surface area contributed by atoms with E-state index in [2.05, 4.69) is 70.4 Å². The lowest BCUT2D eigenvalue weighted by Gasteiger charge is -2.10. The zero-order chi connectivity index (χ0) is 13.0. The van der Waals surface area contributed by atoms with Crippen molar-refractivity contribution in [2.45, 2.75) is 25.9 Å². The summed E-state index contributed by atoms with van der Waals surface area (Å²) >= 11 is 2.32. The molecule has 2 rings (SSSR count). The molecule has 4 heteroatoms. The predicted molar refractivity (Wildman–Crippen MR) is 82.6 cm³/mol. The molecule has 0 saturated carbocycles. The Kier molecular flexibility index (Phi) is 4.77. The minimum Gasteiger partial charge on any atom is -0.313 e. The Bertz CT molecular complexity index is 486. The van der Waals surface area contributed by atoms with Crippen molar-refractivity contribution in [2.75, 3.05) is 7.05 Å². The van der Waals surface area contributed by atoms with Gasteiger partial charge in [0.1, 0.15) is 0 Å². The molecule has 0 bridgehead atoms. The Hall–Kier alpha value is -0.880. The summed E-state index contributed by atoms with van der Waals surface area (Å²) in [7, 11) is 1.99. The van der Waals surface area contributed by atoms with Gasteiger partial charge in [0.05, 0.1) is 12.7 Å². The van der Waals surface area contributed by atoms with Crippen molar-refractivity contribution >= 4 is 22.6 Å². The third-order valence-corrected chi connectivity index (χ3v) is 3.79. The highest BCUT2D eigenvalue weighted by molar-refractivity contribution is 14.1. The lowest BCUT2D eigenvalue weighted by atomic mass is 10.1. The van der Waals surface area contributed by atoms with Gasteiger partial charge >= 0.3 is 0 Å². The Morgan fingerprint density at radius 3 is 2.67 bits per heavy atom. The maximum atomic E-state index is 4.43. The van der Waals surface area contributed by atoms with Crippen molar-refractivity contribution in [3.63, 3.8) is 0 Å². The van der Waals surface area contributed by atoms with E-state index in [1.54, 1.807) is 0 Å². The SMILES string of the molecule is CCC(NC)c1cnn(Cc2ccc(I)cc2)c1. The lowest BCUT2D eigenvalue weighted by molar-refractivity contribution is 0.575. The smallest absolute Gasteiger partial charge is 0.0659 e. The zero-order valence-electron chi connectivity index (χ0n) is 10.7. The molecule has 0 amide bonds. The van der Waals surface area contributed by atoms with E-state index in [0.29, 0.717) is 6.04 Å². The van der Waals surface area contributed by atoms with E-state index in [9.17, 15) is 0 Å².